The first kappa shape index (κ1) is 13.1. The number of carbonyl (C=O) groups excluding carboxylic acids is 1. The summed E-state index contributed by atoms with van der Waals surface area (Å²) in [5.41, 5.74) is 1.46. The van der Waals surface area contributed by atoms with Gasteiger partial charge in [-0.15, -0.1) is 0 Å². The topological polar surface area (TPSA) is 77.2 Å². The van der Waals surface area contributed by atoms with Gasteiger partial charge in [-0.25, -0.2) is 4.98 Å². The van der Waals surface area contributed by atoms with E-state index in [-0.39, 0.29) is 17.9 Å². The average Bonchev–Trinajstić information content (AvgIpc) is 3.00. The Bertz CT molecular complexity index is 593. The van der Waals surface area contributed by atoms with Gasteiger partial charge in [0.15, 0.2) is 0 Å². The van der Waals surface area contributed by atoms with Crippen LogP contribution >= 0.6 is 0 Å². The highest BCUT2D eigenvalue weighted by molar-refractivity contribution is 5.92. The second-order valence-electron chi connectivity index (χ2n) is 5.72. The molecule has 5 nitrogen and oxygen atoms in total. The van der Waals surface area contributed by atoms with E-state index in [1.165, 1.54) is 0 Å². The summed E-state index contributed by atoms with van der Waals surface area (Å²) in [6, 6.07) is 5.30. The molecule has 3 atom stereocenters. The largest absolute Gasteiger partial charge is 0.393 e. The Morgan fingerprint density at radius 3 is 2.90 bits per heavy atom. The fraction of sp³-hybridized carbons (Fsp3) is 0.533. The van der Waals surface area contributed by atoms with Crippen molar-refractivity contribution < 1.29 is 9.90 Å². The van der Waals surface area contributed by atoms with E-state index in [2.05, 4.69) is 4.98 Å². The van der Waals surface area contributed by atoms with Crippen molar-refractivity contribution in [2.75, 3.05) is 13.1 Å². The van der Waals surface area contributed by atoms with E-state index >= 15 is 0 Å². The van der Waals surface area contributed by atoms with E-state index in [9.17, 15) is 9.90 Å². The van der Waals surface area contributed by atoms with Crippen LogP contribution in [0.4, 0.5) is 0 Å². The van der Waals surface area contributed by atoms with Crippen molar-refractivity contribution in [3.05, 3.63) is 29.1 Å². The lowest BCUT2D eigenvalue weighted by Gasteiger charge is -2.18. The molecular weight excluding hydrogens is 254 g/mol. The maximum Gasteiger partial charge on any atom is 0.272 e. The van der Waals surface area contributed by atoms with Gasteiger partial charge in [-0.2, -0.15) is 5.26 Å². The van der Waals surface area contributed by atoms with Crippen molar-refractivity contribution in [1.29, 1.82) is 5.26 Å². The zero-order chi connectivity index (χ0) is 14.3. The minimum absolute atomic E-state index is 0.0980. The summed E-state index contributed by atoms with van der Waals surface area (Å²) in [5.74, 6) is 0.547. The Morgan fingerprint density at radius 1 is 1.45 bits per heavy atom. The molecule has 0 aromatic carbocycles. The van der Waals surface area contributed by atoms with Crippen LogP contribution in [0, 0.1) is 30.1 Å². The van der Waals surface area contributed by atoms with Crippen LogP contribution in [-0.4, -0.2) is 40.1 Å². The number of hydrogen-bond donors (Lipinski definition) is 1. The maximum atomic E-state index is 12.4. The standard InChI is InChI=1S/C15H17N3O2/c1-9-10(6-16)2-4-13(17-9)15(20)18-7-11-3-5-14(19)12(11)8-18/h2,4,11-12,14,19H,3,5,7-8H2,1H3. The number of hydrogen-bond acceptors (Lipinski definition) is 4. The summed E-state index contributed by atoms with van der Waals surface area (Å²) < 4.78 is 0. The molecule has 1 aliphatic heterocycles. The lowest BCUT2D eigenvalue weighted by Crippen LogP contribution is -2.31. The highest BCUT2D eigenvalue weighted by atomic mass is 16.3. The summed E-state index contributed by atoms with van der Waals surface area (Å²) in [7, 11) is 0. The third kappa shape index (κ3) is 2.06. The van der Waals surface area contributed by atoms with E-state index in [0.29, 0.717) is 36.0 Å². The van der Waals surface area contributed by atoms with Crippen molar-refractivity contribution in [3.63, 3.8) is 0 Å². The molecule has 104 valence electrons. The van der Waals surface area contributed by atoms with E-state index in [0.717, 1.165) is 12.8 Å². The third-order valence-electron chi connectivity index (χ3n) is 4.53. The van der Waals surface area contributed by atoms with Crippen molar-refractivity contribution >= 4 is 5.91 Å². The van der Waals surface area contributed by atoms with Crippen molar-refractivity contribution in [3.8, 4) is 6.07 Å². The quantitative estimate of drug-likeness (QED) is 0.830. The number of likely N-dealkylation sites (tertiary alicyclic amines) is 1. The van der Waals surface area contributed by atoms with Gasteiger partial charge in [0.1, 0.15) is 11.8 Å². The molecule has 1 N–H and O–H groups in total. The minimum Gasteiger partial charge on any atom is -0.393 e. The zero-order valence-electron chi connectivity index (χ0n) is 11.4. The van der Waals surface area contributed by atoms with Crippen LogP contribution in [0.1, 0.15) is 34.6 Å². The van der Waals surface area contributed by atoms with E-state index in [1.54, 1.807) is 24.0 Å². The highest BCUT2D eigenvalue weighted by Crippen LogP contribution is 2.38. The molecule has 3 rings (SSSR count). The number of carbonyl (C=O) groups is 1. The lowest BCUT2D eigenvalue weighted by molar-refractivity contribution is 0.0746. The number of nitrogens with zero attached hydrogens (tertiary/aromatic N) is 3. The molecule has 2 heterocycles. The number of fused-ring (bicyclic) bond motifs is 1. The van der Waals surface area contributed by atoms with E-state index in [1.807, 2.05) is 6.07 Å². The Balaban J connectivity index is 1.77. The smallest absolute Gasteiger partial charge is 0.272 e. The molecule has 2 aliphatic rings. The molecule has 0 bridgehead atoms. The number of aliphatic hydroxyl groups is 1. The Hall–Kier alpha value is -1.93. The van der Waals surface area contributed by atoms with Crippen LogP contribution in [0.2, 0.25) is 0 Å². The molecule has 0 radical (unpaired) electrons. The molecule has 20 heavy (non-hydrogen) atoms. The predicted octanol–water partition coefficient (Wildman–Crippen LogP) is 1.10. The van der Waals surface area contributed by atoms with Crippen LogP contribution < -0.4 is 0 Å². The van der Waals surface area contributed by atoms with Gasteiger partial charge in [0.25, 0.3) is 5.91 Å². The molecule has 1 aromatic rings. The highest BCUT2D eigenvalue weighted by Gasteiger charge is 2.43. The molecule has 0 spiro atoms. The van der Waals surface area contributed by atoms with Gasteiger partial charge in [-0.05, 0) is 37.8 Å². The van der Waals surface area contributed by atoms with Gasteiger partial charge >= 0.3 is 0 Å². The first-order chi connectivity index (χ1) is 9.60. The number of amides is 1. The third-order valence-corrected chi connectivity index (χ3v) is 4.53. The summed E-state index contributed by atoms with van der Waals surface area (Å²) in [6.07, 6.45) is 1.58. The summed E-state index contributed by atoms with van der Waals surface area (Å²) in [4.78, 5) is 18.4. The Kier molecular flexibility index (Phi) is 3.19. The SMILES string of the molecule is Cc1nc(C(=O)N2CC3CCC(O)C3C2)ccc1C#N. The number of rotatable bonds is 1. The Morgan fingerprint density at radius 2 is 2.25 bits per heavy atom. The average molecular weight is 271 g/mol. The summed E-state index contributed by atoms with van der Waals surface area (Å²) >= 11 is 0. The monoisotopic (exact) mass is 271 g/mol. The lowest BCUT2D eigenvalue weighted by atomic mass is 10.00. The van der Waals surface area contributed by atoms with Crippen LogP contribution in [0.5, 0.6) is 0 Å². The van der Waals surface area contributed by atoms with Gasteiger partial charge in [0, 0.05) is 19.0 Å². The molecule has 1 saturated carbocycles. The van der Waals surface area contributed by atoms with Crippen LogP contribution in [0.3, 0.4) is 0 Å². The fourth-order valence-corrected chi connectivity index (χ4v) is 3.36. The van der Waals surface area contributed by atoms with Crippen LogP contribution in [0.25, 0.3) is 0 Å². The van der Waals surface area contributed by atoms with Crippen molar-refractivity contribution in [1.82, 2.24) is 9.88 Å². The number of nitriles is 1. The van der Waals surface area contributed by atoms with Gasteiger partial charge in [0.05, 0.1) is 17.4 Å². The number of pyridine rings is 1. The number of aromatic nitrogens is 1. The Labute approximate surface area is 117 Å². The summed E-state index contributed by atoms with van der Waals surface area (Å²) in [6.45, 7) is 3.06. The summed E-state index contributed by atoms with van der Waals surface area (Å²) in [5, 5.41) is 18.8. The molecular formula is C15H17N3O2. The van der Waals surface area contributed by atoms with Crippen LogP contribution in [-0.2, 0) is 0 Å². The minimum atomic E-state index is -0.270. The molecule has 3 unspecified atom stereocenters. The molecule has 5 heteroatoms. The molecule has 1 aliphatic carbocycles. The van der Waals surface area contributed by atoms with Crippen molar-refractivity contribution in [2.45, 2.75) is 25.9 Å². The normalized spacial score (nSPS) is 28.2. The van der Waals surface area contributed by atoms with Gasteiger partial charge < -0.3 is 10.0 Å². The number of aliphatic hydroxyl groups excluding tert-OH is 1. The van der Waals surface area contributed by atoms with E-state index < -0.39 is 0 Å². The van der Waals surface area contributed by atoms with E-state index in [4.69, 9.17) is 5.26 Å². The van der Waals surface area contributed by atoms with Gasteiger partial charge in [-0.1, -0.05) is 0 Å². The first-order valence-electron chi connectivity index (χ1n) is 6.95. The van der Waals surface area contributed by atoms with Gasteiger partial charge in [-0.3, -0.25) is 4.79 Å². The second-order valence-corrected chi connectivity index (χ2v) is 5.72. The zero-order valence-corrected chi connectivity index (χ0v) is 11.4. The van der Waals surface area contributed by atoms with Crippen molar-refractivity contribution in [2.24, 2.45) is 11.8 Å². The second kappa shape index (κ2) is 4.88. The molecule has 1 saturated heterocycles. The van der Waals surface area contributed by atoms with Gasteiger partial charge in [0.2, 0.25) is 0 Å². The maximum absolute atomic E-state index is 12.4. The fourth-order valence-electron chi connectivity index (χ4n) is 3.36. The van der Waals surface area contributed by atoms with Crippen LogP contribution in [0.15, 0.2) is 12.1 Å². The predicted molar refractivity (Wildman–Crippen MR) is 71.8 cm³/mol. The molecule has 1 amide bonds. The molecule has 1 aromatic heterocycles. The number of aryl methyl sites for hydroxylation is 1. The first-order valence-corrected chi connectivity index (χ1v) is 6.95. The molecule has 2 fully saturated rings.